The topological polar surface area (TPSA) is 63.2 Å². The molecule has 0 bridgehead atoms. The minimum absolute atomic E-state index is 0.156. The van der Waals surface area contributed by atoms with Gasteiger partial charge in [-0.3, -0.25) is 4.79 Å². The molecule has 0 aliphatic carbocycles. The minimum atomic E-state index is -0.156. The van der Waals surface area contributed by atoms with Crippen molar-refractivity contribution in [3.05, 3.63) is 36.0 Å². The molecule has 112 valence electrons. The molecule has 5 nitrogen and oxygen atoms in total. The van der Waals surface area contributed by atoms with E-state index in [4.69, 9.17) is 4.74 Å². The molecule has 0 saturated heterocycles. The Morgan fingerprint density at radius 3 is 2.90 bits per heavy atom. The lowest BCUT2D eigenvalue weighted by molar-refractivity contribution is 0.0944. The number of nitrogens with one attached hydrogen (secondary N) is 2. The Bertz CT molecular complexity index is 613. The Kier molecular flexibility index (Phi) is 5.51. The molecule has 0 atom stereocenters. The molecule has 0 aliphatic heterocycles. The standard InChI is InChI=1S/C16H21N3O2/c1-3-17-14-11-15(16(20)18-9-6-10-21-2)19-13-8-5-4-7-12(13)14/h4-5,7-8,11H,3,6,9-10H2,1-2H3,(H,17,19)(H,18,20). The molecule has 5 heteroatoms. The first-order chi connectivity index (χ1) is 10.3. The summed E-state index contributed by atoms with van der Waals surface area (Å²) in [5, 5.41) is 7.16. The molecule has 0 aliphatic rings. The number of aromatic nitrogens is 1. The Balaban J connectivity index is 2.21. The average Bonchev–Trinajstić information content (AvgIpc) is 2.51. The number of benzene rings is 1. The van der Waals surface area contributed by atoms with Gasteiger partial charge in [-0.25, -0.2) is 4.98 Å². The van der Waals surface area contributed by atoms with E-state index < -0.39 is 0 Å². The molecule has 0 saturated carbocycles. The summed E-state index contributed by atoms with van der Waals surface area (Å²) in [6, 6.07) is 9.61. The van der Waals surface area contributed by atoms with E-state index in [0.717, 1.165) is 29.6 Å². The minimum Gasteiger partial charge on any atom is -0.385 e. The molecular weight excluding hydrogens is 266 g/mol. The summed E-state index contributed by atoms with van der Waals surface area (Å²) in [6.07, 6.45) is 0.788. The van der Waals surface area contributed by atoms with Gasteiger partial charge < -0.3 is 15.4 Å². The van der Waals surface area contributed by atoms with Crippen LogP contribution < -0.4 is 10.6 Å². The number of carbonyl (C=O) groups excluding carboxylic acids is 1. The van der Waals surface area contributed by atoms with Crippen molar-refractivity contribution >= 4 is 22.5 Å². The second kappa shape index (κ2) is 7.59. The zero-order valence-corrected chi connectivity index (χ0v) is 12.5. The Labute approximate surface area is 124 Å². The number of para-hydroxylation sites is 1. The van der Waals surface area contributed by atoms with Gasteiger partial charge in [0.2, 0.25) is 0 Å². The fourth-order valence-electron chi connectivity index (χ4n) is 2.14. The van der Waals surface area contributed by atoms with Gasteiger partial charge in [0.25, 0.3) is 5.91 Å². The van der Waals surface area contributed by atoms with Crippen LogP contribution >= 0.6 is 0 Å². The number of nitrogens with zero attached hydrogens (tertiary/aromatic N) is 1. The fraction of sp³-hybridized carbons (Fsp3) is 0.375. The highest BCUT2D eigenvalue weighted by molar-refractivity contribution is 5.99. The van der Waals surface area contributed by atoms with Crippen LogP contribution in [-0.4, -0.2) is 37.7 Å². The Morgan fingerprint density at radius 1 is 1.33 bits per heavy atom. The third-order valence-corrected chi connectivity index (χ3v) is 3.13. The SMILES string of the molecule is CCNc1cc(C(=O)NCCCOC)nc2ccccc12. The third-order valence-electron chi connectivity index (χ3n) is 3.13. The van der Waals surface area contributed by atoms with E-state index in [1.165, 1.54) is 0 Å². The second-order valence-corrected chi connectivity index (χ2v) is 4.70. The molecule has 0 spiro atoms. The van der Waals surface area contributed by atoms with Crippen LogP contribution in [0.15, 0.2) is 30.3 Å². The first kappa shape index (κ1) is 15.3. The smallest absolute Gasteiger partial charge is 0.269 e. The van der Waals surface area contributed by atoms with Crippen LogP contribution in [0.3, 0.4) is 0 Å². The quantitative estimate of drug-likeness (QED) is 0.768. The number of rotatable bonds is 7. The zero-order chi connectivity index (χ0) is 15.1. The molecule has 1 heterocycles. The fourth-order valence-corrected chi connectivity index (χ4v) is 2.14. The van der Waals surface area contributed by atoms with Crippen molar-refractivity contribution in [2.24, 2.45) is 0 Å². The lowest BCUT2D eigenvalue weighted by Gasteiger charge is -2.11. The van der Waals surface area contributed by atoms with Gasteiger partial charge in [0.15, 0.2) is 0 Å². The first-order valence-electron chi connectivity index (χ1n) is 7.17. The van der Waals surface area contributed by atoms with Gasteiger partial charge in [0.05, 0.1) is 5.52 Å². The van der Waals surface area contributed by atoms with Gasteiger partial charge in [-0.15, -0.1) is 0 Å². The van der Waals surface area contributed by atoms with E-state index >= 15 is 0 Å². The summed E-state index contributed by atoms with van der Waals surface area (Å²) < 4.78 is 4.96. The Hall–Kier alpha value is -2.14. The van der Waals surface area contributed by atoms with Crippen molar-refractivity contribution in [1.29, 1.82) is 0 Å². The largest absolute Gasteiger partial charge is 0.385 e. The van der Waals surface area contributed by atoms with Crippen LogP contribution in [0.4, 0.5) is 5.69 Å². The number of carbonyl (C=O) groups is 1. The van der Waals surface area contributed by atoms with Gasteiger partial charge in [-0.2, -0.15) is 0 Å². The third kappa shape index (κ3) is 3.92. The number of hydrogen-bond acceptors (Lipinski definition) is 4. The van der Waals surface area contributed by atoms with Crippen LogP contribution in [0, 0.1) is 0 Å². The second-order valence-electron chi connectivity index (χ2n) is 4.70. The molecule has 0 unspecified atom stereocenters. The molecule has 0 fully saturated rings. The van der Waals surface area contributed by atoms with Crippen molar-refractivity contribution in [3.63, 3.8) is 0 Å². The summed E-state index contributed by atoms with van der Waals surface area (Å²) in [4.78, 5) is 16.6. The van der Waals surface area contributed by atoms with E-state index in [0.29, 0.717) is 18.8 Å². The maximum Gasteiger partial charge on any atom is 0.269 e. The number of anilines is 1. The van der Waals surface area contributed by atoms with E-state index in [1.807, 2.05) is 31.2 Å². The van der Waals surface area contributed by atoms with Gasteiger partial charge in [-0.1, -0.05) is 18.2 Å². The lowest BCUT2D eigenvalue weighted by atomic mass is 10.1. The average molecular weight is 287 g/mol. The molecular formula is C16H21N3O2. The highest BCUT2D eigenvalue weighted by atomic mass is 16.5. The van der Waals surface area contributed by atoms with E-state index in [2.05, 4.69) is 15.6 Å². The monoisotopic (exact) mass is 287 g/mol. The summed E-state index contributed by atoms with van der Waals surface area (Å²) >= 11 is 0. The molecule has 21 heavy (non-hydrogen) atoms. The first-order valence-corrected chi connectivity index (χ1v) is 7.17. The van der Waals surface area contributed by atoms with Gasteiger partial charge in [-0.05, 0) is 25.5 Å². The summed E-state index contributed by atoms with van der Waals surface area (Å²) in [5.74, 6) is -0.156. The molecule has 0 radical (unpaired) electrons. The lowest BCUT2D eigenvalue weighted by Crippen LogP contribution is -2.26. The number of methoxy groups -OCH3 is 1. The van der Waals surface area contributed by atoms with Crippen molar-refractivity contribution < 1.29 is 9.53 Å². The highest BCUT2D eigenvalue weighted by Gasteiger charge is 2.11. The number of pyridine rings is 1. The van der Waals surface area contributed by atoms with Crippen molar-refractivity contribution in [3.8, 4) is 0 Å². The maximum absolute atomic E-state index is 12.2. The van der Waals surface area contributed by atoms with E-state index in [-0.39, 0.29) is 5.91 Å². The van der Waals surface area contributed by atoms with Gasteiger partial charge in [0, 0.05) is 37.9 Å². The van der Waals surface area contributed by atoms with Gasteiger partial charge in [0.1, 0.15) is 5.69 Å². The highest BCUT2D eigenvalue weighted by Crippen LogP contribution is 2.22. The molecule has 1 aromatic heterocycles. The van der Waals surface area contributed by atoms with Crippen LogP contribution in [0.5, 0.6) is 0 Å². The number of amides is 1. The molecule has 2 aromatic rings. The zero-order valence-electron chi connectivity index (χ0n) is 12.5. The molecule has 2 N–H and O–H groups in total. The maximum atomic E-state index is 12.2. The van der Waals surface area contributed by atoms with Crippen molar-refractivity contribution in [2.75, 3.05) is 32.1 Å². The molecule has 2 rings (SSSR count). The van der Waals surface area contributed by atoms with Gasteiger partial charge >= 0.3 is 0 Å². The van der Waals surface area contributed by atoms with Crippen molar-refractivity contribution in [1.82, 2.24) is 10.3 Å². The number of ether oxygens (including phenoxy) is 1. The normalized spacial score (nSPS) is 10.6. The van der Waals surface area contributed by atoms with Crippen LogP contribution in [-0.2, 0) is 4.74 Å². The van der Waals surface area contributed by atoms with E-state index in [9.17, 15) is 4.79 Å². The number of hydrogen-bond donors (Lipinski definition) is 2. The van der Waals surface area contributed by atoms with E-state index in [1.54, 1.807) is 13.2 Å². The van der Waals surface area contributed by atoms with Crippen molar-refractivity contribution in [2.45, 2.75) is 13.3 Å². The van der Waals surface area contributed by atoms with Crippen LogP contribution in [0.25, 0.3) is 10.9 Å². The summed E-state index contributed by atoms with van der Waals surface area (Å²) in [6.45, 7) is 4.04. The molecule has 1 aromatic carbocycles. The summed E-state index contributed by atoms with van der Waals surface area (Å²) in [7, 11) is 1.65. The predicted octanol–water partition coefficient (Wildman–Crippen LogP) is 2.43. The summed E-state index contributed by atoms with van der Waals surface area (Å²) in [5.41, 5.74) is 2.19. The van der Waals surface area contributed by atoms with Crippen LogP contribution in [0.1, 0.15) is 23.8 Å². The number of fused-ring (bicyclic) bond motifs is 1. The Morgan fingerprint density at radius 2 is 2.14 bits per heavy atom. The predicted molar refractivity (Wildman–Crippen MR) is 84.7 cm³/mol. The van der Waals surface area contributed by atoms with Crippen LogP contribution in [0.2, 0.25) is 0 Å². The molecule has 1 amide bonds.